The van der Waals surface area contributed by atoms with Crippen molar-refractivity contribution >= 4 is 30.1 Å². The summed E-state index contributed by atoms with van der Waals surface area (Å²) in [6, 6.07) is 4.52. The summed E-state index contributed by atoms with van der Waals surface area (Å²) in [5.74, 6) is -3.89. The number of methoxy groups -OCH3 is 1. The number of carbonyl (C=O) groups excluding carboxylic acids is 2. The van der Waals surface area contributed by atoms with Gasteiger partial charge in [0.2, 0.25) is 0 Å². The van der Waals surface area contributed by atoms with Gasteiger partial charge in [0.1, 0.15) is 23.2 Å². The number of amides is 1. The van der Waals surface area contributed by atoms with Crippen molar-refractivity contribution in [3.8, 4) is 0 Å². The van der Waals surface area contributed by atoms with E-state index in [4.69, 9.17) is 18.8 Å². The first kappa shape index (κ1) is 29.0. The molecule has 2 aliphatic heterocycles. The molecule has 4 rings (SSSR count). The molecule has 0 unspecified atom stereocenters. The van der Waals surface area contributed by atoms with Gasteiger partial charge in [-0.25, -0.2) is 13.6 Å². The molecule has 0 bridgehead atoms. The largest absolute Gasteiger partial charge is 0.495 e. The summed E-state index contributed by atoms with van der Waals surface area (Å²) >= 11 is 0. The molecule has 1 fully saturated rings. The van der Waals surface area contributed by atoms with Crippen LogP contribution in [0.1, 0.15) is 68.6 Å². The molecular formula is C28H35BF2N2O6. The molecule has 1 amide bonds. The molecule has 2 aromatic rings. The quantitative estimate of drug-likeness (QED) is 0.387. The maximum absolute atomic E-state index is 14.8. The van der Waals surface area contributed by atoms with Crippen molar-refractivity contribution in [3.63, 3.8) is 0 Å². The number of hydrogen-bond donors (Lipinski definition) is 2. The number of esters is 1. The van der Waals surface area contributed by atoms with Gasteiger partial charge in [0.25, 0.3) is 5.91 Å². The number of ether oxygens (including phenoxy) is 2. The maximum Gasteiger partial charge on any atom is 0.495 e. The Morgan fingerprint density at radius 3 is 2.18 bits per heavy atom. The first-order valence-electron chi connectivity index (χ1n) is 12.9. The van der Waals surface area contributed by atoms with Crippen molar-refractivity contribution < 1.29 is 37.2 Å². The summed E-state index contributed by atoms with van der Waals surface area (Å²) in [6.07, 6.45) is 0.0317. The fraction of sp³-hybridized carbons (Fsp3) is 0.500. The molecule has 2 N–H and O–H groups in total. The van der Waals surface area contributed by atoms with Gasteiger partial charge >= 0.3 is 13.1 Å². The fourth-order valence-electron chi connectivity index (χ4n) is 4.74. The number of rotatable bonds is 8. The minimum atomic E-state index is -1.19. The highest BCUT2D eigenvalue weighted by molar-refractivity contribution is 6.62. The number of hydrogen-bond acceptors (Lipinski definition) is 7. The zero-order valence-electron chi connectivity index (χ0n) is 23.4. The lowest BCUT2D eigenvalue weighted by Gasteiger charge is -2.32. The fourth-order valence-corrected chi connectivity index (χ4v) is 4.74. The molecule has 8 nitrogen and oxygen atoms in total. The van der Waals surface area contributed by atoms with Crippen LogP contribution in [0.15, 0.2) is 24.3 Å². The maximum atomic E-state index is 14.8. The zero-order valence-corrected chi connectivity index (χ0v) is 23.4. The lowest BCUT2D eigenvalue weighted by atomic mass is 9.74. The van der Waals surface area contributed by atoms with Gasteiger partial charge in [-0.2, -0.15) is 0 Å². The van der Waals surface area contributed by atoms with Crippen LogP contribution >= 0.6 is 0 Å². The topological polar surface area (TPSA) is 95.1 Å². The number of anilines is 1. The molecule has 1 atom stereocenters. The average molecular weight is 544 g/mol. The highest BCUT2D eigenvalue weighted by Gasteiger charge is 2.52. The van der Waals surface area contributed by atoms with Gasteiger partial charge in [-0.05, 0) is 75.8 Å². The van der Waals surface area contributed by atoms with Gasteiger partial charge in [0.05, 0.1) is 31.5 Å². The summed E-state index contributed by atoms with van der Waals surface area (Å²) in [6.45, 7) is 12.2. The second kappa shape index (κ2) is 10.9. The number of halogens is 2. The van der Waals surface area contributed by atoms with Crippen LogP contribution in [0.3, 0.4) is 0 Å². The molecule has 2 aromatic carbocycles. The Labute approximate surface area is 227 Å². The Morgan fingerprint density at radius 1 is 1.03 bits per heavy atom. The number of benzene rings is 2. The van der Waals surface area contributed by atoms with Crippen LogP contribution in [0.2, 0.25) is 0 Å². The van der Waals surface area contributed by atoms with E-state index in [9.17, 15) is 18.4 Å². The van der Waals surface area contributed by atoms with Crippen molar-refractivity contribution in [1.82, 2.24) is 5.32 Å². The molecule has 2 heterocycles. The summed E-state index contributed by atoms with van der Waals surface area (Å²) in [7, 11) is 0.596. The molecule has 0 spiro atoms. The molecule has 2 aliphatic rings. The third kappa shape index (κ3) is 5.80. The standard InChI is InChI=1S/C28H35BF2N2O6/c1-15(2)32-17-11-21(30)24(22(31)12-17)25(34)33-23(26(35)36-7)10-16-8-9-20(19-14-37-13-18(16)19)29-38-27(3,4)28(5,6)39-29/h8-9,11-12,15,23,32H,10,13-14H2,1-7H3,(H,33,34)/t23-/m0/s1. The monoisotopic (exact) mass is 544 g/mol. The highest BCUT2D eigenvalue weighted by Crippen LogP contribution is 2.37. The summed E-state index contributed by atoms with van der Waals surface area (Å²) < 4.78 is 52.6. The van der Waals surface area contributed by atoms with E-state index in [2.05, 4.69) is 10.6 Å². The van der Waals surface area contributed by atoms with Gasteiger partial charge in [0, 0.05) is 18.2 Å². The second-order valence-corrected chi connectivity index (χ2v) is 11.2. The summed E-state index contributed by atoms with van der Waals surface area (Å²) in [5.41, 5.74) is 1.71. The van der Waals surface area contributed by atoms with E-state index in [0.29, 0.717) is 13.2 Å². The molecular weight excluding hydrogens is 509 g/mol. The van der Waals surface area contributed by atoms with Gasteiger partial charge < -0.3 is 29.4 Å². The van der Waals surface area contributed by atoms with E-state index in [-0.39, 0.29) is 18.2 Å². The third-order valence-corrected chi connectivity index (χ3v) is 7.50. The van der Waals surface area contributed by atoms with E-state index in [1.807, 2.05) is 53.7 Å². The third-order valence-electron chi connectivity index (χ3n) is 7.50. The highest BCUT2D eigenvalue weighted by atomic mass is 19.1. The summed E-state index contributed by atoms with van der Waals surface area (Å²) in [5, 5.41) is 5.35. The predicted octanol–water partition coefficient (Wildman–Crippen LogP) is 3.63. The van der Waals surface area contributed by atoms with Crippen LogP contribution in [0, 0.1) is 11.6 Å². The van der Waals surface area contributed by atoms with Crippen molar-refractivity contribution in [3.05, 3.63) is 58.2 Å². The van der Waals surface area contributed by atoms with Crippen LogP contribution in [0.5, 0.6) is 0 Å². The van der Waals surface area contributed by atoms with Crippen molar-refractivity contribution in [2.24, 2.45) is 0 Å². The Morgan fingerprint density at radius 2 is 1.62 bits per heavy atom. The van der Waals surface area contributed by atoms with E-state index in [1.165, 1.54) is 7.11 Å². The molecule has 0 aliphatic carbocycles. The molecule has 0 radical (unpaired) electrons. The Hall–Kier alpha value is -3.02. The van der Waals surface area contributed by atoms with Crippen LogP contribution in [0.25, 0.3) is 0 Å². The first-order valence-corrected chi connectivity index (χ1v) is 12.9. The van der Waals surface area contributed by atoms with E-state index in [1.54, 1.807) is 0 Å². The van der Waals surface area contributed by atoms with Gasteiger partial charge in [-0.1, -0.05) is 12.1 Å². The SMILES string of the molecule is COC(=O)[C@H](Cc1ccc(B2OC(C)(C)C(C)(C)O2)c2c1COC2)NC(=O)c1c(F)cc(NC(C)C)cc1F. The Bertz CT molecular complexity index is 1240. The van der Waals surface area contributed by atoms with Crippen molar-refractivity contribution in [2.75, 3.05) is 12.4 Å². The van der Waals surface area contributed by atoms with E-state index in [0.717, 1.165) is 34.3 Å². The number of fused-ring (bicyclic) bond motifs is 1. The Balaban J connectivity index is 1.59. The smallest absolute Gasteiger partial charge is 0.467 e. The van der Waals surface area contributed by atoms with E-state index < -0.39 is 53.4 Å². The normalized spacial score (nSPS) is 18.2. The lowest BCUT2D eigenvalue weighted by Crippen LogP contribution is -2.44. The molecule has 39 heavy (non-hydrogen) atoms. The number of carbonyl (C=O) groups is 2. The second-order valence-electron chi connectivity index (χ2n) is 11.2. The van der Waals surface area contributed by atoms with Crippen LogP contribution < -0.4 is 16.1 Å². The molecule has 11 heteroatoms. The molecule has 1 saturated heterocycles. The summed E-state index contributed by atoms with van der Waals surface area (Å²) in [4.78, 5) is 25.6. The minimum Gasteiger partial charge on any atom is -0.467 e. The molecule has 210 valence electrons. The van der Waals surface area contributed by atoms with Crippen molar-refractivity contribution in [2.45, 2.75) is 84.5 Å². The first-order chi connectivity index (χ1) is 18.2. The zero-order chi connectivity index (χ0) is 28.7. The van der Waals surface area contributed by atoms with Crippen molar-refractivity contribution in [1.29, 1.82) is 0 Å². The van der Waals surface area contributed by atoms with E-state index >= 15 is 0 Å². The van der Waals surface area contributed by atoms with Gasteiger partial charge in [0.15, 0.2) is 0 Å². The Kier molecular flexibility index (Phi) is 8.07. The molecule has 0 saturated carbocycles. The lowest BCUT2D eigenvalue weighted by molar-refractivity contribution is -0.142. The van der Waals surface area contributed by atoms with Crippen LogP contribution in [-0.4, -0.2) is 49.4 Å². The van der Waals surface area contributed by atoms with Gasteiger partial charge in [-0.3, -0.25) is 4.79 Å². The van der Waals surface area contributed by atoms with Crippen LogP contribution in [-0.2, 0) is 43.2 Å². The average Bonchev–Trinajstić information content (AvgIpc) is 3.39. The van der Waals surface area contributed by atoms with Gasteiger partial charge in [-0.15, -0.1) is 0 Å². The molecule has 0 aromatic heterocycles. The predicted molar refractivity (Wildman–Crippen MR) is 143 cm³/mol. The number of nitrogens with one attached hydrogen (secondary N) is 2. The van der Waals surface area contributed by atoms with Crippen LogP contribution in [0.4, 0.5) is 14.5 Å². The minimum absolute atomic E-state index is 0.0317.